The fraction of sp³-hybridized carbons (Fsp3) is 0.360. The lowest BCUT2D eigenvalue weighted by Crippen LogP contribution is -2.48. The van der Waals surface area contributed by atoms with Crippen LogP contribution in [-0.4, -0.2) is 51.9 Å². The Labute approximate surface area is 209 Å². The second-order valence-corrected chi connectivity index (χ2v) is 10.3. The Morgan fingerprint density at radius 1 is 1.09 bits per heavy atom. The highest BCUT2D eigenvalue weighted by Crippen LogP contribution is 2.36. The second-order valence-electron chi connectivity index (χ2n) is 8.67. The normalized spacial score (nSPS) is 17.8. The van der Waals surface area contributed by atoms with Crippen LogP contribution in [0.4, 0.5) is 11.5 Å². The van der Waals surface area contributed by atoms with Gasteiger partial charge >= 0.3 is 0 Å². The number of anilines is 2. The molecule has 9 heteroatoms. The molecule has 3 heterocycles. The highest BCUT2D eigenvalue weighted by atomic mass is 32.2. The van der Waals surface area contributed by atoms with Crippen LogP contribution in [-0.2, 0) is 11.8 Å². The maximum Gasteiger partial charge on any atom is 0.270 e. The second kappa shape index (κ2) is 9.65. The van der Waals surface area contributed by atoms with Crippen molar-refractivity contribution in [3.8, 4) is 6.07 Å². The smallest absolute Gasteiger partial charge is 0.270 e. The lowest BCUT2D eigenvalue weighted by molar-refractivity contribution is -0.123. The van der Waals surface area contributed by atoms with Gasteiger partial charge in [0.1, 0.15) is 21.8 Å². The maximum absolute atomic E-state index is 13.1. The monoisotopic (exact) mass is 493 g/mol. The van der Waals surface area contributed by atoms with Crippen LogP contribution in [0.5, 0.6) is 0 Å². The molecule has 2 saturated heterocycles. The van der Waals surface area contributed by atoms with E-state index in [1.165, 1.54) is 17.4 Å². The van der Waals surface area contributed by atoms with Gasteiger partial charge in [-0.05, 0) is 44.5 Å². The van der Waals surface area contributed by atoms with Crippen LogP contribution >= 0.6 is 24.0 Å². The summed E-state index contributed by atoms with van der Waals surface area (Å²) in [6, 6.07) is 12.3. The number of aromatic nitrogens is 1. The molecular weight excluding hydrogens is 466 g/mol. The van der Waals surface area contributed by atoms with Gasteiger partial charge in [0.05, 0.1) is 4.91 Å². The van der Waals surface area contributed by atoms with Crippen molar-refractivity contribution in [3.63, 3.8) is 0 Å². The minimum atomic E-state index is -0.327. The molecule has 7 nitrogen and oxygen atoms in total. The molecule has 0 aliphatic carbocycles. The highest BCUT2D eigenvalue weighted by Gasteiger charge is 2.35. The number of hydrogen-bond donors (Lipinski definition) is 0. The number of carbonyl (C=O) groups is 1. The molecule has 0 unspecified atom stereocenters. The largest absolute Gasteiger partial charge is 0.368 e. The third-order valence-electron chi connectivity index (χ3n) is 6.28. The fourth-order valence-corrected chi connectivity index (χ4v) is 5.97. The van der Waals surface area contributed by atoms with E-state index in [4.69, 9.17) is 12.2 Å². The highest BCUT2D eigenvalue weighted by molar-refractivity contribution is 8.26. The molecule has 0 spiro atoms. The lowest BCUT2D eigenvalue weighted by atomic mass is 10.0. The third kappa shape index (κ3) is 4.24. The summed E-state index contributed by atoms with van der Waals surface area (Å²) >= 11 is 6.70. The van der Waals surface area contributed by atoms with Crippen molar-refractivity contribution in [2.45, 2.75) is 26.8 Å². The first kappa shape index (κ1) is 24.0. The van der Waals surface area contributed by atoms with Crippen molar-refractivity contribution >= 4 is 51.8 Å². The van der Waals surface area contributed by atoms with Crippen LogP contribution in [0.25, 0.3) is 6.08 Å². The van der Waals surface area contributed by atoms with Crippen LogP contribution in [0, 0.1) is 18.3 Å². The van der Waals surface area contributed by atoms with Crippen molar-refractivity contribution in [3.05, 3.63) is 62.3 Å². The Hall–Kier alpha value is -3.09. The molecule has 176 valence electrons. The summed E-state index contributed by atoms with van der Waals surface area (Å²) < 4.78 is 2.06. The van der Waals surface area contributed by atoms with E-state index < -0.39 is 0 Å². The minimum absolute atomic E-state index is 0.0418. The molecule has 0 N–H and O–H groups in total. The van der Waals surface area contributed by atoms with Gasteiger partial charge in [0.15, 0.2) is 0 Å². The predicted octanol–water partition coefficient (Wildman–Crippen LogP) is 3.50. The first-order valence-electron chi connectivity index (χ1n) is 11.2. The molecule has 1 aromatic heterocycles. The van der Waals surface area contributed by atoms with E-state index in [0.717, 1.165) is 24.5 Å². The van der Waals surface area contributed by atoms with Crippen LogP contribution in [0.2, 0.25) is 0 Å². The summed E-state index contributed by atoms with van der Waals surface area (Å²) in [5.74, 6) is 0.584. The van der Waals surface area contributed by atoms with E-state index in [0.29, 0.717) is 27.9 Å². The number of thioether (sulfide) groups is 1. The van der Waals surface area contributed by atoms with Gasteiger partial charge in [-0.1, -0.05) is 42.2 Å². The first-order chi connectivity index (χ1) is 16.2. The van der Waals surface area contributed by atoms with Crippen molar-refractivity contribution in [1.29, 1.82) is 5.26 Å². The predicted molar refractivity (Wildman–Crippen MR) is 142 cm³/mol. The lowest BCUT2D eigenvalue weighted by Gasteiger charge is -2.38. The molecule has 2 aliphatic rings. The number of para-hydroxylation sites is 1. The summed E-state index contributed by atoms with van der Waals surface area (Å²) in [6.45, 7) is 8.65. The van der Waals surface area contributed by atoms with E-state index >= 15 is 0 Å². The Morgan fingerprint density at radius 3 is 2.26 bits per heavy atom. The number of nitrogens with zero attached hydrogens (tertiary/aromatic N) is 5. The minimum Gasteiger partial charge on any atom is -0.368 e. The van der Waals surface area contributed by atoms with Gasteiger partial charge in [-0.25, -0.2) is 0 Å². The van der Waals surface area contributed by atoms with E-state index in [1.807, 2.05) is 32.0 Å². The summed E-state index contributed by atoms with van der Waals surface area (Å²) in [5, 5.41) is 9.67. The van der Waals surface area contributed by atoms with Crippen molar-refractivity contribution < 1.29 is 4.79 Å². The number of hydrogen-bond acceptors (Lipinski definition) is 7. The maximum atomic E-state index is 13.1. The molecule has 1 aromatic carbocycles. The van der Waals surface area contributed by atoms with Gasteiger partial charge in [-0.15, -0.1) is 0 Å². The Morgan fingerprint density at radius 2 is 1.71 bits per heavy atom. The fourth-order valence-electron chi connectivity index (χ4n) is 4.47. The zero-order chi connectivity index (χ0) is 24.6. The number of nitriles is 1. The molecule has 0 saturated carbocycles. The zero-order valence-electron chi connectivity index (χ0n) is 19.7. The summed E-state index contributed by atoms with van der Waals surface area (Å²) in [6.07, 6.45) is 1.80. The summed E-state index contributed by atoms with van der Waals surface area (Å²) in [7, 11) is 1.69. The molecule has 0 atom stereocenters. The van der Waals surface area contributed by atoms with Gasteiger partial charge in [0, 0.05) is 50.5 Å². The molecule has 34 heavy (non-hydrogen) atoms. The third-order valence-corrected chi connectivity index (χ3v) is 7.61. The van der Waals surface area contributed by atoms with E-state index in [9.17, 15) is 14.9 Å². The molecule has 4 rings (SSSR count). The number of rotatable bonds is 4. The van der Waals surface area contributed by atoms with E-state index in [-0.39, 0.29) is 23.1 Å². The summed E-state index contributed by atoms with van der Waals surface area (Å²) in [4.78, 5) is 32.7. The van der Waals surface area contributed by atoms with Crippen molar-refractivity contribution in [2.75, 3.05) is 36.0 Å². The Bertz CT molecular complexity index is 1270. The SMILES string of the molecule is Cc1c(/C=C2\SC(=S)N(C(C)C)C2=O)c(N2CCN(c3ccccc3)CC2)n(C)c(=O)c1C#N. The molecule has 2 aliphatic heterocycles. The Kier molecular flexibility index (Phi) is 6.82. The molecule has 2 aromatic rings. The number of carbonyl (C=O) groups excluding carboxylic acids is 1. The quantitative estimate of drug-likeness (QED) is 0.477. The van der Waals surface area contributed by atoms with Crippen LogP contribution in [0.15, 0.2) is 40.0 Å². The van der Waals surface area contributed by atoms with Gasteiger partial charge in [0.25, 0.3) is 11.5 Å². The standard InChI is InChI=1S/C25H27N5O2S2/c1-16(2)30-24(32)21(34-25(30)33)14-19-17(3)20(15-26)23(31)27(4)22(19)29-12-10-28(11-13-29)18-8-6-5-7-9-18/h5-9,14,16H,10-13H2,1-4H3/b21-14-. The average Bonchev–Trinajstić information content (AvgIpc) is 3.11. The van der Waals surface area contributed by atoms with Crippen LogP contribution < -0.4 is 15.4 Å². The van der Waals surface area contributed by atoms with Crippen molar-refractivity contribution in [1.82, 2.24) is 9.47 Å². The zero-order valence-corrected chi connectivity index (χ0v) is 21.4. The van der Waals surface area contributed by atoms with Crippen LogP contribution in [0.3, 0.4) is 0 Å². The van der Waals surface area contributed by atoms with E-state index in [2.05, 4.69) is 28.0 Å². The first-order valence-corrected chi connectivity index (χ1v) is 12.4. The average molecular weight is 494 g/mol. The number of benzene rings is 1. The topological polar surface area (TPSA) is 72.6 Å². The Balaban J connectivity index is 1.75. The van der Waals surface area contributed by atoms with Gasteiger partial charge < -0.3 is 9.80 Å². The molecular formula is C25H27N5O2S2. The number of amides is 1. The molecule has 2 fully saturated rings. The van der Waals surface area contributed by atoms with Gasteiger partial charge in [0.2, 0.25) is 0 Å². The van der Waals surface area contributed by atoms with Crippen molar-refractivity contribution in [2.24, 2.45) is 7.05 Å². The molecule has 0 radical (unpaired) electrons. The van der Waals surface area contributed by atoms with Crippen LogP contribution in [0.1, 0.15) is 30.5 Å². The molecule has 0 bridgehead atoms. The van der Waals surface area contributed by atoms with Gasteiger partial charge in [-0.3, -0.25) is 19.1 Å². The number of pyridine rings is 1. The van der Waals surface area contributed by atoms with E-state index in [1.54, 1.807) is 29.5 Å². The molecule has 1 amide bonds. The summed E-state index contributed by atoms with van der Waals surface area (Å²) in [5.41, 5.74) is 2.24. The number of thiocarbonyl (C=S) groups is 1. The number of piperazine rings is 1. The van der Waals surface area contributed by atoms with Gasteiger partial charge in [-0.2, -0.15) is 5.26 Å².